The third kappa shape index (κ3) is 5.53. The number of ether oxygens (including phenoxy) is 1. The first-order chi connectivity index (χ1) is 12.0. The van der Waals surface area contributed by atoms with Crippen LogP contribution in [0.3, 0.4) is 0 Å². The van der Waals surface area contributed by atoms with Crippen molar-refractivity contribution < 1.29 is 19.4 Å². The molecule has 0 heterocycles. The summed E-state index contributed by atoms with van der Waals surface area (Å²) in [6, 6.07) is 12.7. The van der Waals surface area contributed by atoms with Crippen molar-refractivity contribution in [2.24, 2.45) is 5.92 Å². The van der Waals surface area contributed by atoms with Crippen molar-refractivity contribution in [1.82, 2.24) is 10.9 Å². The van der Waals surface area contributed by atoms with E-state index in [0.717, 1.165) is 6.42 Å². The van der Waals surface area contributed by atoms with Crippen LogP contribution in [0.15, 0.2) is 48.5 Å². The van der Waals surface area contributed by atoms with Crippen LogP contribution in [0.5, 0.6) is 11.5 Å². The van der Waals surface area contributed by atoms with E-state index in [4.69, 9.17) is 4.74 Å². The number of benzene rings is 2. The van der Waals surface area contributed by atoms with Crippen molar-refractivity contribution in [1.29, 1.82) is 0 Å². The molecule has 0 saturated heterocycles. The molecule has 0 bridgehead atoms. The zero-order valence-corrected chi connectivity index (χ0v) is 14.3. The molecule has 6 heteroatoms. The number of hydrogen-bond acceptors (Lipinski definition) is 4. The fourth-order valence-electron chi connectivity index (χ4n) is 2.03. The Hall–Kier alpha value is -3.02. The molecule has 0 aromatic heterocycles. The van der Waals surface area contributed by atoms with Gasteiger partial charge in [-0.05, 0) is 48.7 Å². The molecule has 0 fully saturated rings. The van der Waals surface area contributed by atoms with Crippen molar-refractivity contribution in [3.05, 3.63) is 59.7 Å². The molecule has 6 nitrogen and oxygen atoms in total. The van der Waals surface area contributed by atoms with Gasteiger partial charge in [0.15, 0.2) is 0 Å². The Labute approximate surface area is 146 Å². The third-order valence-corrected chi connectivity index (χ3v) is 3.52. The minimum Gasteiger partial charge on any atom is -0.507 e. The van der Waals surface area contributed by atoms with Crippen molar-refractivity contribution in [2.45, 2.75) is 20.3 Å². The van der Waals surface area contributed by atoms with Gasteiger partial charge in [-0.25, -0.2) is 0 Å². The van der Waals surface area contributed by atoms with Gasteiger partial charge in [-0.2, -0.15) is 0 Å². The average molecular weight is 342 g/mol. The Morgan fingerprint density at radius 1 is 1.00 bits per heavy atom. The van der Waals surface area contributed by atoms with Gasteiger partial charge < -0.3 is 9.84 Å². The summed E-state index contributed by atoms with van der Waals surface area (Å²) < 4.78 is 5.59. The van der Waals surface area contributed by atoms with Crippen LogP contribution in [0.2, 0.25) is 0 Å². The van der Waals surface area contributed by atoms with E-state index in [0.29, 0.717) is 23.8 Å². The van der Waals surface area contributed by atoms with E-state index in [-0.39, 0.29) is 11.3 Å². The van der Waals surface area contributed by atoms with Crippen LogP contribution in [0, 0.1) is 5.92 Å². The van der Waals surface area contributed by atoms with Crippen molar-refractivity contribution in [3.63, 3.8) is 0 Å². The number of hydrogen-bond donors (Lipinski definition) is 3. The molecule has 2 rings (SSSR count). The van der Waals surface area contributed by atoms with Crippen LogP contribution in [0.4, 0.5) is 0 Å². The first-order valence-electron chi connectivity index (χ1n) is 8.09. The van der Waals surface area contributed by atoms with Crippen molar-refractivity contribution in [2.75, 3.05) is 6.61 Å². The normalized spacial score (nSPS) is 10.4. The number of phenolic OH excluding ortho intramolecular Hbond substituents is 1. The molecule has 2 aromatic carbocycles. The third-order valence-electron chi connectivity index (χ3n) is 3.52. The van der Waals surface area contributed by atoms with E-state index in [1.54, 1.807) is 36.4 Å². The second-order valence-corrected chi connectivity index (χ2v) is 5.98. The maximum Gasteiger partial charge on any atom is 0.273 e. The van der Waals surface area contributed by atoms with Gasteiger partial charge in [0.25, 0.3) is 11.8 Å². The van der Waals surface area contributed by atoms with Gasteiger partial charge in [0, 0.05) is 5.56 Å². The van der Waals surface area contributed by atoms with Gasteiger partial charge in [-0.3, -0.25) is 20.4 Å². The lowest BCUT2D eigenvalue weighted by Crippen LogP contribution is -2.41. The number of rotatable bonds is 6. The highest BCUT2D eigenvalue weighted by atomic mass is 16.5. The van der Waals surface area contributed by atoms with Gasteiger partial charge in [0.1, 0.15) is 11.5 Å². The molecule has 0 saturated carbocycles. The summed E-state index contributed by atoms with van der Waals surface area (Å²) in [5.41, 5.74) is 5.04. The molecule has 132 valence electrons. The predicted molar refractivity (Wildman–Crippen MR) is 94.4 cm³/mol. The maximum absolute atomic E-state index is 12.1. The van der Waals surface area contributed by atoms with E-state index in [1.807, 2.05) is 0 Å². The van der Waals surface area contributed by atoms with Crippen LogP contribution >= 0.6 is 0 Å². The lowest BCUT2D eigenvalue weighted by atomic mass is 10.1. The van der Waals surface area contributed by atoms with E-state index < -0.39 is 11.8 Å². The number of carbonyl (C=O) groups is 2. The molecular weight excluding hydrogens is 320 g/mol. The standard InChI is InChI=1S/C19H22N2O4/c1-13(2)11-12-25-15-9-7-14(8-10-15)18(23)20-21-19(24)16-5-3-4-6-17(16)22/h3-10,13,22H,11-12H2,1-2H3,(H,20,23)(H,21,24). The van der Waals surface area contributed by atoms with E-state index in [2.05, 4.69) is 24.7 Å². The smallest absolute Gasteiger partial charge is 0.273 e. The fourth-order valence-corrected chi connectivity index (χ4v) is 2.03. The Morgan fingerprint density at radius 2 is 1.64 bits per heavy atom. The van der Waals surface area contributed by atoms with Gasteiger partial charge in [-0.1, -0.05) is 26.0 Å². The molecule has 2 amide bonds. The zero-order valence-electron chi connectivity index (χ0n) is 14.3. The minimum atomic E-state index is -0.597. The number of nitrogens with one attached hydrogen (secondary N) is 2. The molecule has 0 atom stereocenters. The van der Waals surface area contributed by atoms with Crippen molar-refractivity contribution in [3.8, 4) is 11.5 Å². The largest absolute Gasteiger partial charge is 0.507 e. The Bertz CT molecular complexity index is 726. The highest BCUT2D eigenvalue weighted by Crippen LogP contribution is 2.15. The lowest BCUT2D eigenvalue weighted by molar-refractivity contribution is 0.0845. The SMILES string of the molecule is CC(C)CCOc1ccc(C(=O)NNC(=O)c2ccccc2O)cc1. The molecule has 0 radical (unpaired) electrons. The number of phenols is 1. The molecule has 25 heavy (non-hydrogen) atoms. The molecular formula is C19H22N2O4. The average Bonchev–Trinajstić information content (AvgIpc) is 2.60. The molecule has 0 unspecified atom stereocenters. The molecule has 0 aliphatic rings. The summed E-state index contributed by atoms with van der Waals surface area (Å²) in [7, 11) is 0. The van der Waals surface area contributed by atoms with Crippen LogP contribution < -0.4 is 15.6 Å². The number of amides is 2. The van der Waals surface area contributed by atoms with Crippen LogP contribution in [0.25, 0.3) is 0 Å². The summed E-state index contributed by atoms with van der Waals surface area (Å²) in [4.78, 5) is 24.0. The molecule has 0 aliphatic heterocycles. The Balaban J connectivity index is 1.86. The molecule has 0 spiro atoms. The first-order valence-corrected chi connectivity index (χ1v) is 8.09. The van der Waals surface area contributed by atoms with Gasteiger partial charge in [0.05, 0.1) is 12.2 Å². The number of hydrazine groups is 1. The van der Waals surface area contributed by atoms with Crippen LogP contribution in [-0.4, -0.2) is 23.5 Å². The number of aromatic hydroxyl groups is 1. The molecule has 3 N–H and O–H groups in total. The second-order valence-electron chi connectivity index (χ2n) is 5.98. The summed E-state index contributed by atoms with van der Waals surface area (Å²) in [6.07, 6.45) is 0.959. The highest BCUT2D eigenvalue weighted by Gasteiger charge is 2.12. The van der Waals surface area contributed by atoms with Gasteiger partial charge in [0.2, 0.25) is 0 Å². The highest BCUT2D eigenvalue weighted by molar-refractivity contribution is 6.00. The van der Waals surface area contributed by atoms with Gasteiger partial charge >= 0.3 is 0 Å². The zero-order chi connectivity index (χ0) is 18.2. The Kier molecular flexibility index (Phi) is 6.39. The molecule has 2 aromatic rings. The van der Waals surface area contributed by atoms with Crippen LogP contribution in [0.1, 0.15) is 41.0 Å². The summed E-state index contributed by atoms with van der Waals surface area (Å²) >= 11 is 0. The lowest BCUT2D eigenvalue weighted by Gasteiger charge is -2.10. The molecule has 0 aliphatic carbocycles. The summed E-state index contributed by atoms with van der Waals surface area (Å²) in [6.45, 7) is 4.88. The quantitative estimate of drug-likeness (QED) is 0.705. The van der Waals surface area contributed by atoms with Crippen LogP contribution in [-0.2, 0) is 0 Å². The predicted octanol–water partition coefficient (Wildman–Crippen LogP) is 2.89. The topological polar surface area (TPSA) is 87.7 Å². The second kappa shape index (κ2) is 8.73. The van der Waals surface area contributed by atoms with Crippen molar-refractivity contribution >= 4 is 11.8 Å². The summed E-state index contributed by atoms with van der Waals surface area (Å²) in [5.74, 6) is 0.0443. The monoisotopic (exact) mass is 342 g/mol. The van der Waals surface area contributed by atoms with E-state index >= 15 is 0 Å². The van der Waals surface area contributed by atoms with E-state index in [1.165, 1.54) is 12.1 Å². The Morgan fingerprint density at radius 3 is 2.28 bits per heavy atom. The van der Waals surface area contributed by atoms with E-state index in [9.17, 15) is 14.7 Å². The van der Waals surface area contributed by atoms with Gasteiger partial charge in [-0.15, -0.1) is 0 Å². The number of carbonyl (C=O) groups excluding carboxylic acids is 2. The minimum absolute atomic E-state index is 0.0803. The summed E-state index contributed by atoms with van der Waals surface area (Å²) in [5, 5.41) is 9.61. The first kappa shape index (κ1) is 18.3. The maximum atomic E-state index is 12.1. The number of para-hydroxylation sites is 1. The fraction of sp³-hybridized carbons (Fsp3) is 0.263.